The Kier molecular flexibility index (Phi) is 16.5. The normalized spacial score (nSPS) is 34.7. The van der Waals surface area contributed by atoms with E-state index in [4.69, 9.17) is 5.11 Å². The van der Waals surface area contributed by atoms with Gasteiger partial charge in [0, 0.05) is 6.54 Å². The highest BCUT2D eigenvalue weighted by Gasteiger charge is 2.64. The third-order valence-electron chi connectivity index (χ3n) is 14.7. The molecule has 6 aliphatic rings. The van der Waals surface area contributed by atoms with Crippen LogP contribution in [0.2, 0.25) is 0 Å². The summed E-state index contributed by atoms with van der Waals surface area (Å²) in [5, 5.41) is 17.9. The van der Waals surface area contributed by atoms with Crippen molar-refractivity contribution < 1.29 is 24.6 Å². The van der Waals surface area contributed by atoms with Crippen molar-refractivity contribution in [2.75, 3.05) is 6.54 Å². The van der Waals surface area contributed by atoms with Gasteiger partial charge in [-0.1, -0.05) is 65.3 Å². The largest absolute Gasteiger partial charge is 0.480 e. The average Bonchev–Trinajstić information content (AvgIpc) is 3.82. The van der Waals surface area contributed by atoms with Crippen molar-refractivity contribution in [3.63, 3.8) is 0 Å². The lowest BCUT2D eigenvalue weighted by Crippen LogP contribution is -2.60. The van der Waals surface area contributed by atoms with Crippen LogP contribution in [-0.4, -0.2) is 46.0 Å². The van der Waals surface area contributed by atoms with E-state index in [9.17, 15) is 19.5 Å². The van der Waals surface area contributed by atoms with Crippen molar-refractivity contribution in [3.05, 3.63) is 54.1 Å². The summed E-state index contributed by atoms with van der Waals surface area (Å²) in [6.45, 7) is 18.8. The highest BCUT2D eigenvalue weighted by atomic mass is 16.4. The van der Waals surface area contributed by atoms with E-state index in [1.54, 1.807) is 18.2 Å². The summed E-state index contributed by atoms with van der Waals surface area (Å²) in [6, 6.07) is 7.07. The van der Waals surface area contributed by atoms with Crippen LogP contribution < -0.4 is 0 Å². The number of rotatable bonds is 4. The second kappa shape index (κ2) is 19.4. The highest BCUT2D eigenvalue weighted by molar-refractivity contribution is 5.88. The predicted octanol–water partition coefficient (Wildman–Crippen LogP) is 10.5. The zero-order valence-corrected chi connectivity index (χ0v) is 33.9. The molecular formula is C48H67NO5. The number of nitrogens with zero attached hydrogens (tertiary/aromatic N) is 1. The summed E-state index contributed by atoms with van der Waals surface area (Å²) in [6.07, 6.45) is 44.5. The van der Waals surface area contributed by atoms with Crippen LogP contribution >= 0.6 is 0 Å². The van der Waals surface area contributed by atoms with Gasteiger partial charge in [0.2, 0.25) is 6.41 Å². The molecule has 2 N–H and O–H groups in total. The lowest BCUT2D eigenvalue weighted by molar-refractivity contribution is -0.176. The molecular weight excluding hydrogens is 671 g/mol. The first kappa shape index (κ1) is 45.9. The third kappa shape index (κ3) is 8.68. The number of terminal acetylenes is 3. The van der Waals surface area contributed by atoms with Gasteiger partial charge in [-0.05, 0) is 152 Å². The lowest BCUT2D eigenvalue weighted by Gasteiger charge is -2.68. The van der Waals surface area contributed by atoms with E-state index in [2.05, 4.69) is 85.8 Å². The number of carboxylic acid groups (broad SMARTS) is 2. The standard InChI is InChI=1S/C33H46O2.C6H9NO3.C3H6.3C2H2/c1-30(2)24(21-8-10-22(11-9-21)29(34)35)15-19-33(5)27(30)16-20-32(4)26-14-18-31(3)17-6-7-25(31)23(26)12-13-28(32)33;8-4-7-3-1-2-5(7)6(9)10;1-3-2;3*1-2/h8-11,15,23,25-28H,6-7,12-14,16-20H2,1-5H3,(H,34,35);4-5H,1-3H2,(H,9,10);3H,1H2,2H3;3*1-2H/t23-,25?,26?,27?,28?,31-,32+,33+;;;;;/m1...../s1. The van der Waals surface area contributed by atoms with Crippen molar-refractivity contribution in [3.8, 4) is 38.5 Å². The number of carboxylic acids is 2. The molecule has 0 radical (unpaired) electrons. The van der Waals surface area contributed by atoms with E-state index in [0.717, 1.165) is 30.1 Å². The monoisotopic (exact) mass is 738 g/mol. The number of carbonyl (C=O) groups excluding carboxylic acids is 1. The number of benzene rings is 1. The molecule has 1 saturated heterocycles. The van der Waals surface area contributed by atoms with Gasteiger partial charge in [-0.15, -0.1) is 45.1 Å². The molecule has 5 aliphatic carbocycles. The number of hydrogen-bond acceptors (Lipinski definition) is 3. The summed E-state index contributed by atoms with van der Waals surface area (Å²) in [5.74, 6) is 2.68. The van der Waals surface area contributed by atoms with E-state index >= 15 is 0 Å². The van der Waals surface area contributed by atoms with Crippen molar-refractivity contribution in [2.45, 2.75) is 125 Å². The lowest BCUT2D eigenvalue weighted by atomic mass is 9.36. The number of amides is 1. The van der Waals surface area contributed by atoms with Gasteiger partial charge in [0.1, 0.15) is 6.04 Å². The van der Waals surface area contributed by atoms with Gasteiger partial charge >= 0.3 is 11.9 Å². The number of aliphatic carboxylic acids is 1. The Morgan fingerprint density at radius 2 is 1.39 bits per heavy atom. The molecule has 1 amide bonds. The molecule has 5 fully saturated rings. The molecule has 1 aromatic rings. The number of hydrogen-bond donors (Lipinski definition) is 2. The van der Waals surface area contributed by atoms with Gasteiger partial charge in [0.15, 0.2) is 0 Å². The summed E-state index contributed by atoms with van der Waals surface area (Å²) < 4.78 is 0. The quantitative estimate of drug-likeness (QED) is 0.182. The maximum Gasteiger partial charge on any atom is 0.335 e. The van der Waals surface area contributed by atoms with Crippen molar-refractivity contribution in [1.82, 2.24) is 4.90 Å². The SMILES string of the molecule is C#C.C#C.C#C.C=CC.CC1(C)C(c2ccc(C(=O)O)cc2)=CC[C@@]2(C)C1CC[C@@]1(C)C3CC[C@@]4(C)CCCC4[C@H]3CCC12.O=CN1CCCC1C(=O)O. The Hall–Kier alpha value is -4.21. The van der Waals surface area contributed by atoms with Crippen LogP contribution in [0.3, 0.4) is 0 Å². The average molecular weight is 738 g/mol. The zero-order chi connectivity index (χ0) is 41.1. The molecule has 1 aliphatic heterocycles. The molecule has 6 nitrogen and oxygen atoms in total. The van der Waals surface area contributed by atoms with Crippen molar-refractivity contribution in [1.29, 1.82) is 0 Å². The predicted molar refractivity (Wildman–Crippen MR) is 222 cm³/mol. The highest BCUT2D eigenvalue weighted by Crippen LogP contribution is 2.73. The van der Waals surface area contributed by atoms with Crippen LogP contribution in [0.5, 0.6) is 0 Å². The number of carbonyl (C=O) groups is 3. The third-order valence-corrected chi connectivity index (χ3v) is 14.7. The fourth-order valence-electron chi connectivity index (χ4n) is 12.6. The minimum atomic E-state index is -0.899. The van der Waals surface area contributed by atoms with Crippen LogP contribution in [0, 0.1) is 89.8 Å². The van der Waals surface area contributed by atoms with E-state index in [-0.39, 0.29) is 5.41 Å². The van der Waals surface area contributed by atoms with Crippen molar-refractivity contribution >= 4 is 23.9 Å². The Labute approximate surface area is 327 Å². The minimum absolute atomic E-state index is 0.104. The maximum absolute atomic E-state index is 11.4. The number of allylic oxidation sites excluding steroid dienone is 3. The number of aromatic carboxylic acids is 1. The molecule has 0 bridgehead atoms. The molecule has 54 heavy (non-hydrogen) atoms. The fraction of sp³-hybridized carbons (Fsp3) is 0.604. The van der Waals surface area contributed by atoms with Crippen LogP contribution in [0.1, 0.15) is 135 Å². The summed E-state index contributed by atoms with van der Waals surface area (Å²) >= 11 is 0. The van der Waals surface area contributed by atoms with E-state index in [1.165, 1.54) is 80.2 Å². The topological polar surface area (TPSA) is 94.9 Å². The summed E-state index contributed by atoms with van der Waals surface area (Å²) in [5.41, 5.74) is 4.65. The van der Waals surface area contributed by atoms with E-state index < -0.39 is 18.0 Å². The number of likely N-dealkylation sites (tertiary alicyclic amines) is 1. The van der Waals surface area contributed by atoms with Crippen LogP contribution in [0.15, 0.2) is 43.0 Å². The second-order valence-corrected chi connectivity index (χ2v) is 17.4. The Morgan fingerprint density at radius 3 is 1.93 bits per heavy atom. The van der Waals surface area contributed by atoms with Gasteiger partial charge in [-0.2, -0.15) is 0 Å². The zero-order valence-electron chi connectivity index (χ0n) is 33.9. The molecule has 6 heteroatoms. The van der Waals surface area contributed by atoms with Crippen molar-refractivity contribution in [2.24, 2.45) is 51.2 Å². The smallest absolute Gasteiger partial charge is 0.335 e. The molecule has 9 atom stereocenters. The van der Waals surface area contributed by atoms with Crippen LogP contribution in [-0.2, 0) is 9.59 Å². The molecule has 1 heterocycles. The molecule has 4 saturated carbocycles. The minimum Gasteiger partial charge on any atom is -0.480 e. The van der Waals surface area contributed by atoms with Gasteiger partial charge in [-0.3, -0.25) is 4.79 Å². The molecule has 0 spiro atoms. The van der Waals surface area contributed by atoms with E-state index in [1.807, 2.05) is 19.1 Å². The van der Waals surface area contributed by atoms with Gasteiger partial charge in [0.25, 0.3) is 0 Å². The number of fused-ring (bicyclic) bond motifs is 7. The maximum atomic E-state index is 11.4. The fourth-order valence-corrected chi connectivity index (χ4v) is 12.6. The Morgan fingerprint density at radius 1 is 0.778 bits per heavy atom. The second-order valence-electron chi connectivity index (χ2n) is 17.4. The first-order chi connectivity index (χ1) is 25.7. The van der Waals surface area contributed by atoms with Crippen LogP contribution in [0.4, 0.5) is 0 Å². The van der Waals surface area contributed by atoms with Gasteiger partial charge in [-0.25, -0.2) is 9.59 Å². The molecule has 5 unspecified atom stereocenters. The molecule has 0 aromatic heterocycles. The Bertz CT molecular complexity index is 1520. The van der Waals surface area contributed by atoms with Crippen LogP contribution in [0.25, 0.3) is 5.57 Å². The van der Waals surface area contributed by atoms with Gasteiger partial charge < -0.3 is 15.1 Å². The molecule has 7 rings (SSSR count). The molecule has 294 valence electrons. The summed E-state index contributed by atoms with van der Waals surface area (Å²) in [4.78, 5) is 33.3. The van der Waals surface area contributed by atoms with E-state index in [0.29, 0.717) is 47.1 Å². The first-order valence-corrected chi connectivity index (χ1v) is 19.7. The molecule has 1 aromatic carbocycles. The Balaban J connectivity index is 0.000000445. The van der Waals surface area contributed by atoms with Gasteiger partial charge in [0.05, 0.1) is 5.56 Å². The summed E-state index contributed by atoms with van der Waals surface area (Å²) in [7, 11) is 0. The first-order valence-electron chi connectivity index (χ1n) is 19.7.